The van der Waals surface area contributed by atoms with Crippen LogP contribution in [0, 0.1) is 20.2 Å². The van der Waals surface area contributed by atoms with Crippen molar-refractivity contribution in [1.82, 2.24) is 0 Å². The van der Waals surface area contributed by atoms with E-state index < -0.39 is 64.3 Å². The average molecular weight is 346 g/mol. The minimum atomic E-state index is -1.80. The number of hydrogen-bond donors (Lipinski definition) is 4. The zero-order valence-corrected chi connectivity index (χ0v) is 12.0. The van der Waals surface area contributed by atoms with Gasteiger partial charge in [0.1, 0.15) is 24.4 Å². The zero-order chi connectivity index (χ0) is 18.0. The van der Waals surface area contributed by atoms with Gasteiger partial charge in [-0.15, -0.1) is 0 Å². The van der Waals surface area contributed by atoms with E-state index in [1.165, 1.54) is 0 Å². The molecule has 4 N–H and O–H groups in total. The summed E-state index contributed by atoms with van der Waals surface area (Å²) in [5, 5.41) is 60.0. The number of benzene rings is 1. The van der Waals surface area contributed by atoms with E-state index in [2.05, 4.69) is 0 Å². The predicted molar refractivity (Wildman–Crippen MR) is 74.1 cm³/mol. The van der Waals surface area contributed by atoms with Crippen molar-refractivity contribution in [3.05, 3.63) is 38.4 Å². The van der Waals surface area contributed by atoms with E-state index in [9.17, 15) is 35.5 Å². The van der Waals surface area contributed by atoms with Gasteiger partial charge in [0, 0.05) is 12.1 Å². The molecule has 1 saturated heterocycles. The van der Waals surface area contributed by atoms with Gasteiger partial charge >= 0.3 is 5.69 Å². The Morgan fingerprint density at radius 2 is 1.75 bits per heavy atom. The van der Waals surface area contributed by atoms with Gasteiger partial charge in [-0.1, -0.05) is 0 Å². The lowest BCUT2D eigenvalue weighted by molar-refractivity contribution is -0.390. The van der Waals surface area contributed by atoms with Crippen LogP contribution in [0.2, 0.25) is 0 Å². The molecule has 132 valence electrons. The van der Waals surface area contributed by atoms with Crippen LogP contribution in [0.25, 0.3) is 0 Å². The van der Waals surface area contributed by atoms with Gasteiger partial charge in [-0.05, 0) is 0 Å². The number of non-ortho nitro benzene ring substituents is 1. The highest BCUT2D eigenvalue weighted by molar-refractivity contribution is 5.53. The Morgan fingerprint density at radius 1 is 1.08 bits per heavy atom. The first-order chi connectivity index (χ1) is 11.3. The van der Waals surface area contributed by atoms with Crippen LogP contribution in [0.5, 0.6) is 5.75 Å². The van der Waals surface area contributed by atoms with E-state index in [-0.39, 0.29) is 0 Å². The van der Waals surface area contributed by atoms with Crippen LogP contribution in [0.15, 0.2) is 18.2 Å². The monoisotopic (exact) mass is 346 g/mol. The Morgan fingerprint density at radius 3 is 2.29 bits per heavy atom. The molecule has 0 radical (unpaired) electrons. The topological polar surface area (TPSA) is 186 Å². The van der Waals surface area contributed by atoms with Gasteiger partial charge in [0.25, 0.3) is 5.69 Å². The second-order valence-electron chi connectivity index (χ2n) is 4.98. The highest BCUT2D eigenvalue weighted by Gasteiger charge is 2.45. The second-order valence-corrected chi connectivity index (χ2v) is 4.98. The molecule has 0 unspecified atom stereocenters. The Hall–Kier alpha value is -2.38. The quantitative estimate of drug-likeness (QED) is 0.368. The molecule has 0 saturated carbocycles. The number of nitrogens with zero attached hydrogens (tertiary/aromatic N) is 2. The molecule has 0 aromatic heterocycles. The Bertz CT molecular complexity index is 636. The van der Waals surface area contributed by atoms with Crippen LogP contribution >= 0.6 is 0 Å². The summed E-state index contributed by atoms with van der Waals surface area (Å²) in [6.07, 6.45) is -8.17. The van der Waals surface area contributed by atoms with Crippen LogP contribution in [-0.4, -0.2) is 67.6 Å². The first-order valence-corrected chi connectivity index (χ1v) is 6.66. The van der Waals surface area contributed by atoms with E-state index in [1.807, 2.05) is 0 Å². The normalized spacial score (nSPS) is 29.9. The summed E-state index contributed by atoms with van der Waals surface area (Å²) in [6, 6.07) is 2.51. The Kier molecular flexibility index (Phi) is 5.26. The number of hydrogen-bond acceptors (Lipinski definition) is 10. The molecule has 0 amide bonds. The fraction of sp³-hybridized carbons (Fsp3) is 0.500. The summed E-state index contributed by atoms with van der Waals surface area (Å²) < 4.78 is 10.1. The number of nitro groups is 2. The van der Waals surface area contributed by atoms with Crippen LogP contribution in [0.4, 0.5) is 11.4 Å². The number of ether oxygens (including phenoxy) is 2. The molecule has 1 heterocycles. The first kappa shape index (κ1) is 18.0. The molecule has 12 heteroatoms. The molecular formula is C12H14N2O10. The zero-order valence-electron chi connectivity index (χ0n) is 12.0. The molecular weight excluding hydrogens is 332 g/mol. The van der Waals surface area contributed by atoms with Crippen molar-refractivity contribution >= 4 is 11.4 Å². The van der Waals surface area contributed by atoms with Gasteiger partial charge < -0.3 is 29.9 Å². The Balaban J connectivity index is 2.33. The summed E-state index contributed by atoms with van der Waals surface area (Å²) in [7, 11) is 0. The number of nitro benzene ring substituents is 2. The maximum atomic E-state index is 11.0. The maximum absolute atomic E-state index is 11.0. The number of aliphatic hydroxyl groups excluding tert-OH is 4. The van der Waals surface area contributed by atoms with Crippen LogP contribution in [-0.2, 0) is 4.74 Å². The Labute approximate surface area is 133 Å². The van der Waals surface area contributed by atoms with Crippen LogP contribution < -0.4 is 4.74 Å². The summed E-state index contributed by atoms with van der Waals surface area (Å²) in [5.41, 5.74) is -1.13. The fourth-order valence-electron chi connectivity index (χ4n) is 2.15. The van der Waals surface area contributed by atoms with E-state index in [0.29, 0.717) is 0 Å². The summed E-state index contributed by atoms with van der Waals surface area (Å²) in [5.74, 6) is -0.571. The van der Waals surface area contributed by atoms with Gasteiger partial charge in [-0.3, -0.25) is 20.2 Å². The summed E-state index contributed by atoms with van der Waals surface area (Å²) in [4.78, 5) is 20.1. The van der Waals surface area contributed by atoms with Crippen molar-refractivity contribution in [3.8, 4) is 5.75 Å². The average Bonchev–Trinajstić information content (AvgIpc) is 2.54. The first-order valence-electron chi connectivity index (χ1n) is 6.66. The fourth-order valence-corrected chi connectivity index (χ4v) is 2.15. The number of aliphatic hydroxyl groups is 4. The van der Waals surface area contributed by atoms with Crippen molar-refractivity contribution in [1.29, 1.82) is 0 Å². The lowest BCUT2D eigenvalue weighted by atomic mass is 9.99. The predicted octanol–water partition coefficient (Wildman–Crippen LogP) is -1.32. The van der Waals surface area contributed by atoms with Crippen molar-refractivity contribution < 1.29 is 39.7 Å². The maximum Gasteiger partial charge on any atom is 0.311 e. The third-order valence-electron chi connectivity index (χ3n) is 3.44. The summed E-state index contributed by atoms with van der Waals surface area (Å²) >= 11 is 0. The lowest BCUT2D eigenvalue weighted by Crippen LogP contribution is -2.60. The molecule has 0 aliphatic carbocycles. The lowest BCUT2D eigenvalue weighted by Gasteiger charge is -2.39. The minimum Gasteiger partial charge on any atom is -0.454 e. The third-order valence-corrected chi connectivity index (χ3v) is 3.44. The standard InChI is InChI=1S/C12H14N2O10/c15-4-8-9(16)10(17)11(18)12(24-8)23-7-3-5(13(19)20)1-2-6(7)14(21)22/h1-3,8-12,15-18H,4H2/t8-,9-,10+,11+,12-/m1/s1. The van der Waals surface area contributed by atoms with Gasteiger partial charge in [-0.25, -0.2) is 0 Å². The number of rotatable bonds is 5. The smallest absolute Gasteiger partial charge is 0.311 e. The van der Waals surface area contributed by atoms with E-state index in [0.717, 1.165) is 18.2 Å². The molecule has 1 aromatic rings. The van der Waals surface area contributed by atoms with Gasteiger partial charge in [0.2, 0.25) is 12.0 Å². The molecule has 1 aliphatic rings. The molecule has 12 nitrogen and oxygen atoms in total. The van der Waals surface area contributed by atoms with Crippen molar-refractivity contribution in [2.75, 3.05) is 6.61 Å². The van der Waals surface area contributed by atoms with Crippen molar-refractivity contribution in [2.45, 2.75) is 30.7 Å². The largest absolute Gasteiger partial charge is 0.454 e. The third kappa shape index (κ3) is 3.42. The van der Waals surface area contributed by atoms with E-state index in [1.54, 1.807) is 0 Å². The highest BCUT2D eigenvalue weighted by Crippen LogP contribution is 2.33. The molecule has 1 fully saturated rings. The van der Waals surface area contributed by atoms with Gasteiger partial charge in [-0.2, -0.15) is 0 Å². The molecule has 0 bridgehead atoms. The molecule has 5 atom stereocenters. The van der Waals surface area contributed by atoms with Crippen LogP contribution in [0.3, 0.4) is 0 Å². The van der Waals surface area contributed by atoms with Crippen molar-refractivity contribution in [3.63, 3.8) is 0 Å². The molecule has 1 aromatic carbocycles. The van der Waals surface area contributed by atoms with Crippen LogP contribution in [0.1, 0.15) is 0 Å². The van der Waals surface area contributed by atoms with Crippen molar-refractivity contribution in [2.24, 2.45) is 0 Å². The van der Waals surface area contributed by atoms with Gasteiger partial charge in [0.15, 0.2) is 0 Å². The highest BCUT2D eigenvalue weighted by atomic mass is 16.7. The van der Waals surface area contributed by atoms with E-state index >= 15 is 0 Å². The summed E-state index contributed by atoms with van der Waals surface area (Å²) in [6.45, 7) is -0.720. The molecule has 0 spiro atoms. The van der Waals surface area contributed by atoms with Gasteiger partial charge in [0.05, 0.1) is 22.5 Å². The molecule has 1 aliphatic heterocycles. The molecule has 24 heavy (non-hydrogen) atoms. The second kappa shape index (κ2) is 7.02. The van der Waals surface area contributed by atoms with E-state index in [4.69, 9.17) is 14.6 Å². The SMILES string of the molecule is O=[N+]([O-])c1ccc([N+](=O)[O-])c(O[C@@H]2O[C@H](CO)[C@@H](O)[C@H](O)[C@@H]2O)c1. The minimum absolute atomic E-state index is 0.500. The molecule has 2 rings (SSSR count).